The normalized spacial score (nSPS) is 21.8. The zero-order chi connectivity index (χ0) is 19.7. The minimum absolute atomic E-state index is 0. The molecule has 28 heavy (non-hydrogen) atoms. The third-order valence-electron chi connectivity index (χ3n) is 5.96. The molecule has 2 aliphatic rings. The van der Waals surface area contributed by atoms with E-state index in [0.717, 1.165) is 25.6 Å². The van der Waals surface area contributed by atoms with Gasteiger partial charge in [-0.05, 0) is 59.7 Å². The molecule has 7 heteroatoms. The molecule has 1 unspecified atom stereocenters. The van der Waals surface area contributed by atoms with Crippen molar-refractivity contribution in [2.24, 2.45) is 10.9 Å². The number of rotatable bonds is 8. The van der Waals surface area contributed by atoms with Crippen LogP contribution in [0.5, 0.6) is 0 Å². The predicted octanol–water partition coefficient (Wildman–Crippen LogP) is 2.31. The molecule has 0 amide bonds. The summed E-state index contributed by atoms with van der Waals surface area (Å²) in [4.78, 5) is 12.5. The van der Waals surface area contributed by atoms with Gasteiger partial charge in [-0.3, -0.25) is 9.89 Å². The molecule has 0 aromatic heterocycles. The lowest BCUT2D eigenvalue weighted by Gasteiger charge is -2.40. The van der Waals surface area contributed by atoms with E-state index in [4.69, 9.17) is 4.99 Å². The Morgan fingerprint density at radius 3 is 2.25 bits per heavy atom. The fourth-order valence-electron chi connectivity index (χ4n) is 4.02. The van der Waals surface area contributed by atoms with Gasteiger partial charge in [-0.15, -0.1) is 24.0 Å². The van der Waals surface area contributed by atoms with Gasteiger partial charge in [0.15, 0.2) is 5.96 Å². The Labute approximate surface area is 190 Å². The molecular weight excluding hydrogens is 463 g/mol. The first-order valence-electron chi connectivity index (χ1n) is 11.1. The number of halogens is 1. The summed E-state index contributed by atoms with van der Waals surface area (Å²) in [6.07, 6.45) is 4.04. The number of nitrogens with one attached hydrogen (secondary N) is 2. The molecule has 2 aliphatic heterocycles. The Bertz CT molecular complexity index is 442. The van der Waals surface area contributed by atoms with E-state index in [1.165, 1.54) is 65.1 Å². The second kappa shape index (κ2) is 13.2. The van der Waals surface area contributed by atoms with E-state index in [9.17, 15) is 0 Å². The van der Waals surface area contributed by atoms with Crippen molar-refractivity contribution in [2.75, 3.05) is 72.5 Å². The van der Waals surface area contributed by atoms with Crippen LogP contribution in [0.3, 0.4) is 0 Å². The summed E-state index contributed by atoms with van der Waals surface area (Å²) in [5.74, 6) is 1.58. The minimum atomic E-state index is 0. The third kappa shape index (κ3) is 9.13. The lowest BCUT2D eigenvalue weighted by Crippen LogP contribution is -2.50. The van der Waals surface area contributed by atoms with Gasteiger partial charge in [-0.2, -0.15) is 0 Å². The summed E-state index contributed by atoms with van der Waals surface area (Å²) in [5.41, 5.74) is 0.133. The van der Waals surface area contributed by atoms with Crippen LogP contribution in [0.1, 0.15) is 47.0 Å². The number of likely N-dealkylation sites (tertiary alicyclic amines) is 1. The molecule has 0 aliphatic carbocycles. The summed E-state index contributed by atoms with van der Waals surface area (Å²) in [6.45, 7) is 20.2. The van der Waals surface area contributed by atoms with Gasteiger partial charge in [0.1, 0.15) is 0 Å². The zero-order valence-electron chi connectivity index (χ0n) is 19.0. The highest BCUT2D eigenvalue weighted by atomic mass is 127. The van der Waals surface area contributed by atoms with Gasteiger partial charge in [-0.1, -0.05) is 13.3 Å². The van der Waals surface area contributed by atoms with Crippen LogP contribution in [0.2, 0.25) is 0 Å². The first-order chi connectivity index (χ1) is 12.9. The topological polar surface area (TPSA) is 46.1 Å². The van der Waals surface area contributed by atoms with E-state index >= 15 is 0 Å². The lowest BCUT2D eigenvalue weighted by atomic mass is 9.99. The molecule has 0 radical (unpaired) electrons. The largest absolute Gasteiger partial charge is 0.357 e. The minimum Gasteiger partial charge on any atom is -0.357 e. The molecule has 2 N–H and O–H groups in total. The lowest BCUT2D eigenvalue weighted by molar-refractivity contribution is 0.102. The number of nitrogens with zero attached hydrogens (tertiary/aromatic N) is 4. The number of hydrogen-bond acceptors (Lipinski definition) is 4. The standard InChI is InChI=1S/C21H44N6.HI/c1-6-22-20(24-18-21(3,4)27-10-8-7-9-11-27)23-16-19(2)17-26-14-12-25(5)13-15-26;/h19H,6-18H2,1-5H3,(H2,22,23,24);1H. The Hall–Kier alpha value is -0.120. The highest BCUT2D eigenvalue weighted by molar-refractivity contribution is 14.0. The van der Waals surface area contributed by atoms with Crippen molar-refractivity contribution < 1.29 is 0 Å². The van der Waals surface area contributed by atoms with Crippen LogP contribution in [-0.2, 0) is 0 Å². The predicted molar refractivity (Wildman–Crippen MR) is 132 cm³/mol. The molecule has 0 aromatic carbocycles. The molecule has 0 bridgehead atoms. The highest BCUT2D eigenvalue weighted by Gasteiger charge is 2.27. The van der Waals surface area contributed by atoms with Crippen molar-refractivity contribution in [1.82, 2.24) is 25.3 Å². The van der Waals surface area contributed by atoms with Gasteiger partial charge in [0.05, 0.1) is 6.54 Å². The van der Waals surface area contributed by atoms with E-state index in [1.807, 2.05) is 0 Å². The van der Waals surface area contributed by atoms with E-state index in [0.29, 0.717) is 5.92 Å². The number of hydrogen-bond donors (Lipinski definition) is 2. The molecule has 0 spiro atoms. The SMILES string of the molecule is CCNC(=NCC(C)(C)N1CCCCC1)NCC(C)CN1CCN(C)CC1.I. The second-order valence-corrected chi connectivity index (χ2v) is 9.15. The van der Waals surface area contributed by atoms with Crippen molar-refractivity contribution in [3.63, 3.8) is 0 Å². The fraction of sp³-hybridized carbons (Fsp3) is 0.952. The van der Waals surface area contributed by atoms with Crippen molar-refractivity contribution in [1.29, 1.82) is 0 Å². The summed E-state index contributed by atoms with van der Waals surface area (Å²) < 4.78 is 0. The van der Waals surface area contributed by atoms with Crippen molar-refractivity contribution in [2.45, 2.75) is 52.5 Å². The fourth-order valence-corrected chi connectivity index (χ4v) is 4.02. The summed E-state index contributed by atoms with van der Waals surface area (Å²) >= 11 is 0. The van der Waals surface area contributed by atoms with Crippen LogP contribution in [0.25, 0.3) is 0 Å². The van der Waals surface area contributed by atoms with Gasteiger partial charge in [-0.25, -0.2) is 0 Å². The van der Waals surface area contributed by atoms with Crippen LogP contribution in [-0.4, -0.2) is 98.7 Å². The van der Waals surface area contributed by atoms with E-state index < -0.39 is 0 Å². The van der Waals surface area contributed by atoms with Gasteiger partial charge in [0, 0.05) is 51.4 Å². The monoisotopic (exact) mass is 508 g/mol. The van der Waals surface area contributed by atoms with Crippen molar-refractivity contribution >= 4 is 29.9 Å². The molecule has 0 saturated carbocycles. The maximum atomic E-state index is 4.92. The zero-order valence-corrected chi connectivity index (χ0v) is 21.3. The molecule has 2 heterocycles. The molecule has 0 aromatic rings. The molecule has 2 rings (SSSR count). The maximum absolute atomic E-state index is 4.92. The first-order valence-corrected chi connectivity index (χ1v) is 11.1. The van der Waals surface area contributed by atoms with Crippen molar-refractivity contribution in [3.8, 4) is 0 Å². The van der Waals surface area contributed by atoms with Crippen LogP contribution in [0, 0.1) is 5.92 Å². The number of piperazine rings is 1. The number of likely N-dealkylation sites (N-methyl/N-ethyl adjacent to an activating group) is 1. The first kappa shape index (κ1) is 25.9. The van der Waals surface area contributed by atoms with Gasteiger partial charge < -0.3 is 20.4 Å². The molecule has 6 nitrogen and oxygen atoms in total. The summed E-state index contributed by atoms with van der Waals surface area (Å²) in [5, 5.41) is 7.00. The highest BCUT2D eigenvalue weighted by Crippen LogP contribution is 2.20. The van der Waals surface area contributed by atoms with Crippen LogP contribution in [0.4, 0.5) is 0 Å². The van der Waals surface area contributed by atoms with E-state index in [1.54, 1.807) is 0 Å². The molecular formula is C21H45IN6. The molecule has 2 fully saturated rings. The Morgan fingerprint density at radius 1 is 1.00 bits per heavy atom. The van der Waals surface area contributed by atoms with E-state index in [2.05, 4.69) is 60.1 Å². The Morgan fingerprint density at radius 2 is 1.64 bits per heavy atom. The molecule has 166 valence electrons. The quantitative estimate of drug-likeness (QED) is 0.300. The summed E-state index contributed by atoms with van der Waals surface area (Å²) in [7, 11) is 2.22. The number of aliphatic imine (C=N–C) groups is 1. The summed E-state index contributed by atoms with van der Waals surface area (Å²) in [6, 6.07) is 0. The van der Waals surface area contributed by atoms with Crippen LogP contribution < -0.4 is 10.6 Å². The molecule has 1 atom stereocenters. The van der Waals surface area contributed by atoms with Gasteiger partial charge in [0.25, 0.3) is 0 Å². The van der Waals surface area contributed by atoms with Crippen LogP contribution in [0.15, 0.2) is 4.99 Å². The Balaban J connectivity index is 0.00000392. The van der Waals surface area contributed by atoms with Gasteiger partial charge >= 0.3 is 0 Å². The number of guanidine groups is 1. The maximum Gasteiger partial charge on any atom is 0.191 e. The third-order valence-corrected chi connectivity index (χ3v) is 5.96. The second-order valence-electron chi connectivity index (χ2n) is 9.15. The number of piperidine rings is 1. The molecule has 2 saturated heterocycles. The Kier molecular flexibility index (Phi) is 12.3. The van der Waals surface area contributed by atoms with Crippen LogP contribution >= 0.6 is 24.0 Å². The van der Waals surface area contributed by atoms with Gasteiger partial charge in [0.2, 0.25) is 0 Å². The average molecular weight is 509 g/mol. The van der Waals surface area contributed by atoms with Crippen molar-refractivity contribution in [3.05, 3.63) is 0 Å². The van der Waals surface area contributed by atoms with E-state index in [-0.39, 0.29) is 29.5 Å². The smallest absolute Gasteiger partial charge is 0.191 e. The average Bonchev–Trinajstić information content (AvgIpc) is 2.66.